The number of nitrogens with two attached hydrogens (primary N) is 1. The molecule has 19 heavy (non-hydrogen) atoms. The highest BCUT2D eigenvalue weighted by atomic mass is 19.4. The molecule has 0 saturated carbocycles. The molecular weight excluding hydrogens is 271 g/mol. The quantitative estimate of drug-likeness (QED) is 0.856. The summed E-state index contributed by atoms with van der Waals surface area (Å²) in [5.74, 6) is -0.198. The van der Waals surface area contributed by atoms with E-state index in [-0.39, 0.29) is 22.3 Å². The number of hydrogen-bond acceptors (Lipinski definition) is 3. The van der Waals surface area contributed by atoms with Crippen LogP contribution in [0.25, 0.3) is 10.9 Å². The largest absolute Gasteiger partial charge is 0.435 e. The van der Waals surface area contributed by atoms with Crippen molar-refractivity contribution in [2.24, 2.45) is 0 Å². The van der Waals surface area contributed by atoms with Crippen molar-refractivity contribution in [3.8, 4) is 5.75 Å². The molecule has 0 fully saturated rings. The van der Waals surface area contributed by atoms with E-state index in [0.717, 1.165) is 18.2 Å². The van der Waals surface area contributed by atoms with Crippen LogP contribution in [0.2, 0.25) is 0 Å². The number of nitrogen functional groups attached to an aromatic ring is 1. The molecule has 8 heteroatoms. The second-order valence-electron chi connectivity index (χ2n) is 3.65. The summed E-state index contributed by atoms with van der Waals surface area (Å²) >= 11 is 0. The molecule has 0 saturated heterocycles. The summed E-state index contributed by atoms with van der Waals surface area (Å²) in [6, 6.07) is 4.00. The van der Waals surface area contributed by atoms with Crippen LogP contribution in [-0.4, -0.2) is 11.6 Å². The maximum atomic E-state index is 12.5. The first kappa shape index (κ1) is 13.3. The summed E-state index contributed by atoms with van der Waals surface area (Å²) in [5.41, 5.74) is 4.07. The smallest absolute Gasteiger partial charge is 0.433 e. The minimum Gasteiger partial charge on any atom is -0.435 e. The van der Waals surface area contributed by atoms with E-state index in [9.17, 15) is 22.0 Å². The van der Waals surface area contributed by atoms with Gasteiger partial charge in [0.1, 0.15) is 11.4 Å². The second kappa shape index (κ2) is 4.52. The van der Waals surface area contributed by atoms with Crippen LogP contribution in [0.1, 0.15) is 5.69 Å². The zero-order valence-electron chi connectivity index (χ0n) is 9.21. The minimum atomic E-state index is -4.62. The SMILES string of the molecule is Nc1cc(C(F)(F)F)nc2ccc(OC(F)F)cc12. The van der Waals surface area contributed by atoms with Crippen LogP contribution >= 0.6 is 0 Å². The fraction of sp³-hybridized carbons (Fsp3) is 0.182. The monoisotopic (exact) mass is 278 g/mol. The Bertz CT molecular complexity index is 612. The van der Waals surface area contributed by atoms with E-state index in [0.29, 0.717) is 6.07 Å². The molecule has 0 bridgehead atoms. The highest BCUT2D eigenvalue weighted by Crippen LogP contribution is 2.33. The Kier molecular flexibility index (Phi) is 3.17. The highest BCUT2D eigenvalue weighted by molar-refractivity contribution is 5.91. The third kappa shape index (κ3) is 2.83. The molecule has 0 atom stereocenters. The van der Waals surface area contributed by atoms with Crippen molar-refractivity contribution in [2.45, 2.75) is 12.8 Å². The average Bonchev–Trinajstić information content (AvgIpc) is 2.27. The van der Waals surface area contributed by atoms with E-state index in [1.54, 1.807) is 0 Å². The van der Waals surface area contributed by atoms with Crippen LogP contribution in [0, 0.1) is 0 Å². The van der Waals surface area contributed by atoms with Gasteiger partial charge in [-0.1, -0.05) is 0 Å². The number of nitrogens with zero attached hydrogens (tertiary/aromatic N) is 1. The summed E-state index contributed by atoms with van der Waals surface area (Å²) in [7, 11) is 0. The van der Waals surface area contributed by atoms with E-state index in [1.807, 2.05) is 0 Å². The number of pyridine rings is 1. The van der Waals surface area contributed by atoms with E-state index < -0.39 is 18.5 Å². The van der Waals surface area contributed by atoms with Crippen molar-refractivity contribution in [2.75, 3.05) is 5.73 Å². The standard InChI is InChI=1S/C11H7F5N2O/c12-10(13)19-5-1-2-8-6(3-5)7(17)4-9(18-8)11(14,15)16/h1-4,10H,(H2,17,18). The lowest BCUT2D eigenvalue weighted by atomic mass is 10.1. The highest BCUT2D eigenvalue weighted by Gasteiger charge is 2.33. The summed E-state index contributed by atoms with van der Waals surface area (Å²) in [5, 5.41) is 0.117. The molecule has 3 nitrogen and oxygen atoms in total. The Labute approximate surface area is 103 Å². The van der Waals surface area contributed by atoms with Gasteiger partial charge in [-0.15, -0.1) is 0 Å². The van der Waals surface area contributed by atoms with Crippen molar-refractivity contribution < 1.29 is 26.7 Å². The Morgan fingerprint density at radius 1 is 1.16 bits per heavy atom. The molecule has 0 radical (unpaired) electrons. The molecule has 0 spiro atoms. The zero-order valence-corrected chi connectivity index (χ0v) is 9.21. The predicted octanol–water partition coefficient (Wildman–Crippen LogP) is 3.44. The Morgan fingerprint density at radius 2 is 1.84 bits per heavy atom. The average molecular weight is 278 g/mol. The lowest BCUT2D eigenvalue weighted by molar-refractivity contribution is -0.140. The van der Waals surface area contributed by atoms with Crippen LogP contribution in [0.15, 0.2) is 24.3 Å². The molecule has 1 aromatic heterocycles. The van der Waals surface area contributed by atoms with Crippen molar-refractivity contribution in [1.82, 2.24) is 4.98 Å². The first-order valence-electron chi connectivity index (χ1n) is 4.99. The van der Waals surface area contributed by atoms with Crippen molar-refractivity contribution in [1.29, 1.82) is 0 Å². The summed E-state index contributed by atoms with van der Waals surface area (Å²) in [6.45, 7) is -3.03. The molecule has 1 heterocycles. The molecule has 0 aliphatic heterocycles. The van der Waals surface area contributed by atoms with Crippen LogP contribution < -0.4 is 10.5 Å². The summed E-state index contributed by atoms with van der Waals surface area (Å²) in [4.78, 5) is 3.38. The maximum absolute atomic E-state index is 12.5. The molecule has 0 unspecified atom stereocenters. The third-order valence-corrected chi connectivity index (χ3v) is 2.33. The molecule has 2 aromatic rings. The molecule has 1 aromatic carbocycles. The molecule has 0 amide bonds. The van der Waals surface area contributed by atoms with Crippen molar-refractivity contribution in [3.63, 3.8) is 0 Å². The fourth-order valence-corrected chi connectivity index (χ4v) is 1.55. The minimum absolute atomic E-state index is 0.0473. The predicted molar refractivity (Wildman–Crippen MR) is 57.8 cm³/mol. The van der Waals surface area contributed by atoms with Crippen molar-refractivity contribution >= 4 is 16.6 Å². The molecular formula is C11H7F5N2O. The Hall–Kier alpha value is -2.12. The zero-order chi connectivity index (χ0) is 14.2. The molecule has 0 aliphatic rings. The van der Waals surface area contributed by atoms with Crippen LogP contribution in [0.3, 0.4) is 0 Å². The first-order chi connectivity index (χ1) is 8.77. The van der Waals surface area contributed by atoms with Gasteiger partial charge in [0.2, 0.25) is 0 Å². The number of fused-ring (bicyclic) bond motifs is 1. The van der Waals surface area contributed by atoms with E-state index in [2.05, 4.69) is 9.72 Å². The van der Waals surface area contributed by atoms with Gasteiger partial charge in [-0.05, 0) is 24.3 Å². The van der Waals surface area contributed by atoms with Crippen LogP contribution in [0.4, 0.5) is 27.6 Å². The van der Waals surface area contributed by atoms with E-state index in [4.69, 9.17) is 5.73 Å². The van der Waals surface area contributed by atoms with Crippen LogP contribution in [0.5, 0.6) is 5.75 Å². The van der Waals surface area contributed by atoms with Gasteiger partial charge < -0.3 is 10.5 Å². The van der Waals surface area contributed by atoms with Gasteiger partial charge in [-0.25, -0.2) is 4.98 Å². The Morgan fingerprint density at radius 3 is 2.42 bits per heavy atom. The molecule has 2 rings (SSSR count). The van der Waals surface area contributed by atoms with Gasteiger partial charge in [-0.3, -0.25) is 0 Å². The van der Waals surface area contributed by atoms with Gasteiger partial charge in [0, 0.05) is 11.1 Å². The Balaban J connectivity index is 2.54. The van der Waals surface area contributed by atoms with Gasteiger partial charge in [0.05, 0.1) is 5.52 Å². The molecule has 102 valence electrons. The van der Waals surface area contributed by atoms with Gasteiger partial charge >= 0.3 is 12.8 Å². The lowest BCUT2D eigenvalue weighted by Crippen LogP contribution is -2.09. The normalized spacial score (nSPS) is 12.1. The lowest BCUT2D eigenvalue weighted by Gasteiger charge is -2.10. The second-order valence-corrected chi connectivity index (χ2v) is 3.65. The van der Waals surface area contributed by atoms with Crippen molar-refractivity contribution in [3.05, 3.63) is 30.0 Å². The summed E-state index contributed by atoms with van der Waals surface area (Å²) < 4.78 is 65.7. The fourth-order valence-electron chi connectivity index (χ4n) is 1.55. The van der Waals surface area contributed by atoms with E-state index >= 15 is 0 Å². The molecule has 2 N–H and O–H groups in total. The topological polar surface area (TPSA) is 48.1 Å². The summed E-state index contributed by atoms with van der Waals surface area (Å²) in [6.07, 6.45) is -4.62. The number of halogens is 5. The number of alkyl halides is 5. The molecule has 0 aliphatic carbocycles. The first-order valence-corrected chi connectivity index (χ1v) is 4.99. The number of benzene rings is 1. The van der Waals surface area contributed by atoms with Gasteiger partial charge in [0.25, 0.3) is 0 Å². The van der Waals surface area contributed by atoms with Crippen LogP contribution in [-0.2, 0) is 6.18 Å². The number of hydrogen-bond donors (Lipinski definition) is 1. The van der Waals surface area contributed by atoms with Gasteiger partial charge in [-0.2, -0.15) is 22.0 Å². The third-order valence-electron chi connectivity index (χ3n) is 2.33. The number of ether oxygens (including phenoxy) is 1. The maximum Gasteiger partial charge on any atom is 0.433 e. The number of rotatable bonds is 2. The number of aromatic nitrogens is 1. The van der Waals surface area contributed by atoms with Gasteiger partial charge in [0.15, 0.2) is 0 Å². The number of anilines is 1. The van der Waals surface area contributed by atoms with E-state index in [1.165, 1.54) is 0 Å².